The summed E-state index contributed by atoms with van der Waals surface area (Å²) in [6.07, 6.45) is 7.17. The van der Waals surface area contributed by atoms with Crippen molar-refractivity contribution in [3.63, 3.8) is 0 Å². The van der Waals surface area contributed by atoms with Gasteiger partial charge in [0.15, 0.2) is 0 Å². The number of primary amides is 1. The topological polar surface area (TPSA) is 49.6 Å². The van der Waals surface area contributed by atoms with E-state index in [2.05, 4.69) is 40.1 Å². The quantitative estimate of drug-likeness (QED) is 0.836. The summed E-state index contributed by atoms with van der Waals surface area (Å²) in [6.45, 7) is 5.33. The van der Waals surface area contributed by atoms with Crippen molar-refractivity contribution < 1.29 is 4.79 Å². The normalized spacial score (nSPS) is 24.7. The van der Waals surface area contributed by atoms with E-state index in [-0.39, 0.29) is 5.91 Å². The molecule has 0 radical (unpaired) electrons. The number of rotatable bonds is 7. The minimum Gasteiger partial charge on any atom is -0.370 e. The highest BCUT2D eigenvalue weighted by Crippen LogP contribution is 2.31. The SMILES string of the molecule is NC(=O)CCN(Cc1ccccc1)C[C@@H]1CCCN2CCCC[C@H]12. The largest absolute Gasteiger partial charge is 0.370 e. The van der Waals surface area contributed by atoms with Crippen LogP contribution in [-0.4, -0.2) is 47.9 Å². The number of piperidine rings is 2. The highest BCUT2D eigenvalue weighted by atomic mass is 16.1. The first-order valence-electron chi connectivity index (χ1n) is 9.51. The third-order valence-electron chi connectivity index (χ3n) is 5.64. The van der Waals surface area contributed by atoms with Crippen molar-refractivity contribution in [2.75, 3.05) is 26.2 Å². The van der Waals surface area contributed by atoms with Crippen LogP contribution in [0.3, 0.4) is 0 Å². The minimum absolute atomic E-state index is 0.198. The van der Waals surface area contributed by atoms with Gasteiger partial charge in [0.05, 0.1) is 0 Å². The molecular formula is C20H31N3O. The van der Waals surface area contributed by atoms with Crippen molar-refractivity contribution in [3.05, 3.63) is 35.9 Å². The smallest absolute Gasteiger partial charge is 0.218 e. The first-order chi connectivity index (χ1) is 11.7. The second-order valence-electron chi connectivity index (χ2n) is 7.44. The predicted octanol–water partition coefficient (Wildman–Crippen LogP) is 2.63. The van der Waals surface area contributed by atoms with Crippen LogP contribution in [0.2, 0.25) is 0 Å². The summed E-state index contributed by atoms with van der Waals surface area (Å²) in [6, 6.07) is 11.3. The van der Waals surface area contributed by atoms with E-state index < -0.39 is 0 Å². The Labute approximate surface area is 146 Å². The van der Waals surface area contributed by atoms with E-state index >= 15 is 0 Å². The van der Waals surface area contributed by atoms with Crippen LogP contribution in [0, 0.1) is 5.92 Å². The number of hydrogen-bond donors (Lipinski definition) is 1. The molecule has 1 amide bonds. The van der Waals surface area contributed by atoms with Crippen LogP contribution in [0.5, 0.6) is 0 Å². The second-order valence-corrected chi connectivity index (χ2v) is 7.44. The molecule has 2 N–H and O–H groups in total. The van der Waals surface area contributed by atoms with E-state index in [1.165, 1.54) is 50.8 Å². The maximum Gasteiger partial charge on any atom is 0.218 e. The molecule has 3 rings (SSSR count). The first kappa shape index (κ1) is 17.4. The van der Waals surface area contributed by atoms with Crippen molar-refractivity contribution in [2.45, 2.75) is 51.1 Å². The predicted molar refractivity (Wildman–Crippen MR) is 97.5 cm³/mol. The molecule has 2 fully saturated rings. The molecule has 1 aromatic rings. The second kappa shape index (κ2) is 8.63. The number of carbonyl (C=O) groups excluding carboxylic acids is 1. The molecule has 2 heterocycles. The lowest BCUT2D eigenvalue weighted by Gasteiger charge is -2.45. The van der Waals surface area contributed by atoms with Gasteiger partial charge in [0.2, 0.25) is 5.91 Å². The first-order valence-corrected chi connectivity index (χ1v) is 9.51. The van der Waals surface area contributed by atoms with Gasteiger partial charge in [-0.2, -0.15) is 0 Å². The average molecular weight is 329 g/mol. The summed E-state index contributed by atoms with van der Waals surface area (Å²) >= 11 is 0. The Morgan fingerprint density at radius 1 is 1.12 bits per heavy atom. The molecule has 2 aliphatic rings. The van der Waals surface area contributed by atoms with Crippen LogP contribution < -0.4 is 5.73 Å². The van der Waals surface area contributed by atoms with Crippen LogP contribution in [0.4, 0.5) is 0 Å². The zero-order valence-corrected chi connectivity index (χ0v) is 14.7. The van der Waals surface area contributed by atoms with Gasteiger partial charge >= 0.3 is 0 Å². The van der Waals surface area contributed by atoms with Crippen LogP contribution in [-0.2, 0) is 11.3 Å². The van der Waals surface area contributed by atoms with Crippen LogP contribution in [0.15, 0.2) is 30.3 Å². The Morgan fingerprint density at radius 2 is 1.92 bits per heavy atom. The summed E-state index contributed by atoms with van der Waals surface area (Å²) in [5.74, 6) is 0.534. The Hall–Kier alpha value is -1.39. The number of nitrogens with zero attached hydrogens (tertiary/aromatic N) is 2. The summed E-state index contributed by atoms with van der Waals surface area (Å²) in [5.41, 5.74) is 6.72. The highest BCUT2D eigenvalue weighted by molar-refractivity contribution is 5.73. The number of nitrogens with two attached hydrogens (primary N) is 1. The van der Waals surface area contributed by atoms with Crippen LogP contribution in [0.1, 0.15) is 44.1 Å². The van der Waals surface area contributed by atoms with Gasteiger partial charge in [0.25, 0.3) is 0 Å². The lowest BCUT2D eigenvalue weighted by atomic mass is 9.83. The fourth-order valence-electron chi connectivity index (χ4n) is 4.47. The van der Waals surface area contributed by atoms with Gasteiger partial charge in [-0.15, -0.1) is 0 Å². The van der Waals surface area contributed by atoms with Crippen LogP contribution in [0.25, 0.3) is 0 Å². The Morgan fingerprint density at radius 3 is 2.71 bits per heavy atom. The van der Waals surface area contributed by atoms with Gasteiger partial charge in [0.1, 0.15) is 0 Å². The third kappa shape index (κ3) is 4.81. The maximum atomic E-state index is 11.3. The fourth-order valence-corrected chi connectivity index (χ4v) is 4.47. The molecule has 0 aromatic heterocycles. The monoisotopic (exact) mass is 329 g/mol. The average Bonchev–Trinajstić information content (AvgIpc) is 2.61. The molecule has 0 saturated carbocycles. The Bertz CT molecular complexity index is 517. The molecule has 4 nitrogen and oxygen atoms in total. The van der Waals surface area contributed by atoms with E-state index in [0.29, 0.717) is 6.42 Å². The van der Waals surface area contributed by atoms with E-state index in [0.717, 1.165) is 31.6 Å². The van der Waals surface area contributed by atoms with Gasteiger partial charge in [-0.05, 0) is 50.3 Å². The number of hydrogen-bond acceptors (Lipinski definition) is 3. The van der Waals surface area contributed by atoms with Crippen molar-refractivity contribution in [2.24, 2.45) is 11.7 Å². The zero-order valence-electron chi connectivity index (χ0n) is 14.7. The Kier molecular flexibility index (Phi) is 6.27. The summed E-state index contributed by atoms with van der Waals surface area (Å²) in [7, 11) is 0. The molecule has 2 atom stereocenters. The van der Waals surface area contributed by atoms with Gasteiger partial charge in [-0.25, -0.2) is 0 Å². The van der Waals surface area contributed by atoms with Crippen molar-refractivity contribution >= 4 is 5.91 Å². The van der Waals surface area contributed by atoms with Crippen molar-refractivity contribution in [3.8, 4) is 0 Å². The summed E-state index contributed by atoms with van der Waals surface area (Å²) in [5, 5.41) is 0. The number of carbonyl (C=O) groups is 1. The molecule has 4 heteroatoms. The van der Waals surface area contributed by atoms with Gasteiger partial charge in [-0.3, -0.25) is 9.69 Å². The molecule has 1 aromatic carbocycles. The summed E-state index contributed by atoms with van der Waals surface area (Å²) in [4.78, 5) is 16.4. The zero-order chi connectivity index (χ0) is 16.8. The molecule has 2 aliphatic heterocycles. The van der Waals surface area contributed by atoms with E-state index in [1.54, 1.807) is 0 Å². The molecule has 0 bridgehead atoms. The van der Waals surface area contributed by atoms with Gasteiger partial charge < -0.3 is 10.6 Å². The number of benzene rings is 1. The molecule has 0 aliphatic carbocycles. The van der Waals surface area contributed by atoms with Gasteiger partial charge in [0, 0.05) is 32.1 Å². The maximum absolute atomic E-state index is 11.3. The molecule has 0 spiro atoms. The Balaban J connectivity index is 1.64. The minimum atomic E-state index is -0.198. The third-order valence-corrected chi connectivity index (χ3v) is 5.64. The fraction of sp³-hybridized carbons (Fsp3) is 0.650. The van der Waals surface area contributed by atoms with E-state index in [1.807, 2.05) is 0 Å². The molecular weight excluding hydrogens is 298 g/mol. The number of amides is 1. The molecule has 24 heavy (non-hydrogen) atoms. The van der Waals surface area contributed by atoms with Gasteiger partial charge in [-0.1, -0.05) is 36.8 Å². The lowest BCUT2D eigenvalue weighted by Crippen LogP contribution is -2.51. The standard InChI is InChI=1S/C20H31N3O/c21-20(24)11-14-22(15-17-7-2-1-3-8-17)16-18-9-6-13-23-12-5-4-10-19(18)23/h1-3,7-8,18-19H,4-6,9-16H2,(H2,21,24)/t18-,19+/m0/s1. The molecule has 2 saturated heterocycles. The van der Waals surface area contributed by atoms with Crippen molar-refractivity contribution in [1.82, 2.24) is 9.80 Å². The molecule has 0 unspecified atom stereocenters. The lowest BCUT2D eigenvalue weighted by molar-refractivity contribution is -0.118. The van der Waals surface area contributed by atoms with E-state index in [4.69, 9.17) is 5.73 Å². The van der Waals surface area contributed by atoms with Crippen molar-refractivity contribution in [1.29, 1.82) is 0 Å². The molecule has 132 valence electrons. The van der Waals surface area contributed by atoms with Crippen LogP contribution >= 0.6 is 0 Å². The summed E-state index contributed by atoms with van der Waals surface area (Å²) < 4.78 is 0. The number of fused-ring (bicyclic) bond motifs is 1. The van der Waals surface area contributed by atoms with E-state index in [9.17, 15) is 4.79 Å². The highest BCUT2D eigenvalue weighted by Gasteiger charge is 2.33.